The lowest BCUT2D eigenvalue weighted by atomic mass is 10.1. The number of benzene rings is 2. The number of para-hydroxylation sites is 1. The Morgan fingerprint density at radius 2 is 1.75 bits per heavy atom. The first-order chi connectivity index (χ1) is 11.7. The summed E-state index contributed by atoms with van der Waals surface area (Å²) in [5.41, 5.74) is 4.83. The van der Waals surface area contributed by atoms with Crippen LogP contribution in [-0.2, 0) is 13.1 Å². The fourth-order valence-electron chi connectivity index (χ4n) is 3.68. The van der Waals surface area contributed by atoms with Gasteiger partial charge in [-0.1, -0.05) is 42.5 Å². The van der Waals surface area contributed by atoms with Crippen LogP contribution >= 0.6 is 0 Å². The highest BCUT2D eigenvalue weighted by Crippen LogP contribution is 2.38. The highest BCUT2D eigenvalue weighted by Gasteiger charge is 2.29. The van der Waals surface area contributed by atoms with E-state index in [1.807, 2.05) is 12.1 Å². The topological polar surface area (TPSA) is 47.0 Å². The van der Waals surface area contributed by atoms with Crippen molar-refractivity contribution in [3.05, 3.63) is 59.7 Å². The lowest BCUT2D eigenvalue weighted by Crippen LogP contribution is -2.42. The Kier molecular flexibility index (Phi) is 3.76. The van der Waals surface area contributed by atoms with Crippen molar-refractivity contribution in [1.29, 1.82) is 0 Å². The highest BCUT2D eigenvalue weighted by molar-refractivity contribution is 5.78. The maximum atomic E-state index is 11.4. The summed E-state index contributed by atoms with van der Waals surface area (Å²) in [5.74, 6) is 0. The number of hydrogen-bond acceptors (Lipinski definition) is 3. The summed E-state index contributed by atoms with van der Waals surface area (Å²) >= 11 is 0. The molecule has 5 heteroatoms. The van der Waals surface area contributed by atoms with Gasteiger partial charge in [0.05, 0.1) is 17.9 Å². The van der Waals surface area contributed by atoms with Gasteiger partial charge < -0.3 is 19.8 Å². The van der Waals surface area contributed by atoms with Gasteiger partial charge in [-0.05, 0) is 17.2 Å². The Morgan fingerprint density at radius 1 is 0.958 bits per heavy atom. The van der Waals surface area contributed by atoms with Crippen molar-refractivity contribution in [2.45, 2.75) is 13.1 Å². The van der Waals surface area contributed by atoms with Crippen LogP contribution in [0.5, 0.6) is 0 Å². The molecule has 0 atom stereocenters. The van der Waals surface area contributed by atoms with Crippen molar-refractivity contribution in [3.8, 4) is 0 Å². The van der Waals surface area contributed by atoms with Crippen molar-refractivity contribution < 1.29 is 9.90 Å². The third-order valence-corrected chi connectivity index (χ3v) is 4.88. The molecule has 0 saturated carbocycles. The van der Waals surface area contributed by atoms with Crippen LogP contribution in [0.1, 0.15) is 11.1 Å². The molecule has 0 saturated heterocycles. The summed E-state index contributed by atoms with van der Waals surface area (Å²) in [6.45, 7) is 4.56. The molecule has 0 aromatic heterocycles. The van der Waals surface area contributed by atoms with Crippen molar-refractivity contribution in [2.75, 3.05) is 36.0 Å². The van der Waals surface area contributed by atoms with E-state index in [-0.39, 0.29) is 0 Å². The molecule has 0 unspecified atom stereocenters. The second-order valence-electron chi connectivity index (χ2n) is 6.38. The van der Waals surface area contributed by atoms with Gasteiger partial charge >= 0.3 is 6.09 Å². The molecule has 0 fully saturated rings. The maximum Gasteiger partial charge on any atom is 0.407 e. The second kappa shape index (κ2) is 6.07. The average Bonchev–Trinajstić information content (AvgIpc) is 2.79. The van der Waals surface area contributed by atoms with E-state index < -0.39 is 6.09 Å². The molecule has 2 aromatic rings. The van der Waals surface area contributed by atoms with Crippen LogP contribution < -0.4 is 9.80 Å². The van der Waals surface area contributed by atoms with Gasteiger partial charge in [0.15, 0.2) is 0 Å². The zero-order chi connectivity index (χ0) is 16.5. The van der Waals surface area contributed by atoms with Crippen molar-refractivity contribution in [1.82, 2.24) is 4.90 Å². The molecule has 2 aromatic carbocycles. The van der Waals surface area contributed by atoms with Crippen LogP contribution in [0.25, 0.3) is 0 Å². The first-order valence-corrected chi connectivity index (χ1v) is 8.36. The largest absolute Gasteiger partial charge is 0.465 e. The summed E-state index contributed by atoms with van der Waals surface area (Å²) in [6, 6.07) is 16.7. The zero-order valence-electron chi connectivity index (χ0n) is 13.6. The molecule has 1 amide bonds. The van der Waals surface area contributed by atoms with Crippen LogP contribution in [0, 0.1) is 0 Å². The van der Waals surface area contributed by atoms with Gasteiger partial charge in [0.25, 0.3) is 0 Å². The molecule has 4 rings (SSSR count). The van der Waals surface area contributed by atoms with E-state index >= 15 is 0 Å². The van der Waals surface area contributed by atoms with E-state index in [2.05, 4.69) is 46.2 Å². The molecule has 2 heterocycles. The third-order valence-electron chi connectivity index (χ3n) is 4.88. The Morgan fingerprint density at radius 3 is 2.54 bits per heavy atom. The molecule has 2 aliphatic rings. The van der Waals surface area contributed by atoms with Crippen LogP contribution in [0.2, 0.25) is 0 Å². The summed E-state index contributed by atoms with van der Waals surface area (Å²) < 4.78 is 0. The summed E-state index contributed by atoms with van der Waals surface area (Å²) in [5, 5.41) is 9.38. The second-order valence-corrected chi connectivity index (χ2v) is 6.38. The number of amides is 1. The van der Waals surface area contributed by atoms with Crippen molar-refractivity contribution >= 4 is 17.5 Å². The summed E-state index contributed by atoms with van der Waals surface area (Å²) in [4.78, 5) is 17.7. The lowest BCUT2D eigenvalue weighted by Gasteiger charge is -2.39. The van der Waals surface area contributed by atoms with E-state index in [0.29, 0.717) is 13.1 Å². The van der Waals surface area contributed by atoms with Gasteiger partial charge in [-0.2, -0.15) is 0 Å². The molecule has 0 aliphatic carbocycles. The van der Waals surface area contributed by atoms with E-state index in [1.54, 1.807) is 0 Å². The van der Waals surface area contributed by atoms with Gasteiger partial charge in [-0.15, -0.1) is 0 Å². The van der Waals surface area contributed by atoms with Crippen LogP contribution in [0.4, 0.5) is 16.2 Å². The number of hydrogen-bond donors (Lipinski definition) is 1. The van der Waals surface area contributed by atoms with Crippen LogP contribution in [-0.4, -0.2) is 42.3 Å². The zero-order valence-corrected chi connectivity index (χ0v) is 13.6. The SMILES string of the molecule is O=C(O)N1CCN2CCN(Cc3ccccc3)c3cccc(c32)C1. The van der Waals surface area contributed by atoms with Gasteiger partial charge in [0.1, 0.15) is 0 Å². The van der Waals surface area contributed by atoms with Gasteiger partial charge in [-0.3, -0.25) is 0 Å². The summed E-state index contributed by atoms with van der Waals surface area (Å²) in [7, 11) is 0. The first kappa shape index (κ1) is 14.9. The molecule has 24 heavy (non-hydrogen) atoms. The molecule has 124 valence electrons. The summed E-state index contributed by atoms with van der Waals surface area (Å²) in [6.07, 6.45) is -0.839. The average molecular weight is 323 g/mol. The third kappa shape index (κ3) is 2.66. The molecule has 0 radical (unpaired) electrons. The fourth-order valence-corrected chi connectivity index (χ4v) is 3.68. The Hall–Kier alpha value is -2.69. The molecule has 1 N–H and O–H groups in total. The quantitative estimate of drug-likeness (QED) is 0.923. The van der Waals surface area contributed by atoms with Gasteiger partial charge in [-0.25, -0.2) is 4.79 Å². The van der Waals surface area contributed by atoms with E-state index in [9.17, 15) is 9.90 Å². The molecular weight excluding hydrogens is 302 g/mol. The number of carboxylic acid groups (broad SMARTS) is 1. The van der Waals surface area contributed by atoms with E-state index in [4.69, 9.17) is 0 Å². The number of rotatable bonds is 2. The first-order valence-electron chi connectivity index (χ1n) is 8.36. The monoisotopic (exact) mass is 323 g/mol. The van der Waals surface area contributed by atoms with Gasteiger partial charge in [0, 0.05) is 32.7 Å². The van der Waals surface area contributed by atoms with Gasteiger partial charge in [0.2, 0.25) is 0 Å². The van der Waals surface area contributed by atoms with E-state index in [1.165, 1.54) is 21.8 Å². The number of anilines is 2. The predicted octanol–water partition coefficient (Wildman–Crippen LogP) is 3.01. The fraction of sp³-hybridized carbons (Fsp3) is 0.316. The number of carbonyl (C=O) groups is 1. The van der Waals surface area contributed by atoms with Crippen LogP contribution in [0.15, 0.2) is 48.5 Å². The predicted molar refractivity (Wildman–Crippen MR) is 94.6 cm³/mol. The van der Waals surface area contributed by atoms with Crippen molar-refractivity contribution in [2.24, 2.45) is 0 Å². The Balaban J connectivity index is 1.69. The minimum Gasteiger partial charge on any atom is -0.465 e. The standard InChI is InChI=1S/C19H21N3O2/c23-19(24)22-12-10-20-9-11-21(13-15-5-2-1-3-6-15)17-8-4-7-16(14-22)18(17)20/h1-8H,9-14H2,(H,23,24). The lowest BCUT2D eigenvalue weighted by molar-refractivity contribution is 0.144. The number of nitrogens with zero attached hydrogens (tertiary/aromatic N) is 3. The molecule has 0 bridgehead atoms. The van der Waals surface area contributed by atoms with E-state index in [0.717, 1.165) is 31.7 Å². The maximum absolute atomic E-state index is 11.4. The van der Waals surface area contributed by atoms with Crippen molar-refractivity contribution in [3.63, 3.8) is 0 Å². The minimum atomic E-state index is -0.839. The molecule has 5 nitrogen and oxygen atoms in total. The normalized spacial score (nSPS) is 16.6. The minimum absolute atomic E-state index is 0.466. The molecule has 0 spiro atoms. The van der Waals surface area contributed by atoms with Crippen LogP contribution in [0.3, 0.4) is 0 Å². The highest BCUT2D eigenvalue weighted by atomic mass is 16.4. The Labute approximate surface area is 141 Å². The molecule has 2 aliphatic heterocycles. The Bertz CT molecular complexity index is 748. The molecular formula is C19H21N3O2. The smallest absolute Gasteiger partial charge is 0.407 e.